The molecule has 1 N–H and O–H groups in total. The van der Waals surface area contributed by atoms with E-state index in [1.54, 1.807) is 16.7 Å². The summed E-state index contributed by atoms with van der Waals surface area (Å²) >= 11 is 0. The van der Waals surface area contributed by atoms with Gasteiger partial charge in [-0.25, -0.2) is 0 Å². The Kier molecular flexibility index (Phi) is 9.22. The van der Waals surface area contributed by atoms with Crippen molar-refractivity contribution in [3.63, 3.8) is 0 Å². The molecule has 0 spiro atoms. The van der Waals surface area contributed by atoms with E-state index in [0.29, 0.717) is 45.6 Å². The molecule has 1 aromatic carbocycles. The van der Waals surface area contributed by atoms with Crippen LogP contribution in [0.4, 0.5) is 0 Å². The Labute approximate surface area is 196 Å². The number of aliphatic hydroxyl groups excluding tert-OH is 1. The van der Waals surface area contributed by atoms with Gasteiger partial charge in [0.05, 0.1) is 38.7 Å². The Morgan fingerprint density at radius 1 is 1.36 bits per heavy atom. The molecule has 2 heterocycles. The Hall–Kier alpha value is -2.49. The third-order valence-corrected chi connectivity index (χ3v) is 6.17. The van der Waals surface area contributed by atoms with Crippen LogP contribution in [0, 0.1) is 5.92 Å². The molecule has 0 aliphatic carbocycles. The highest BCUT2D eigenvalue weighted by atomic mass is 16.5. The molecule has 9 nitrogen and oxygen atoms in total. The Bertz CT molecular complexity index is 889. The number of para-hydroxylation sites is 1. The number of likely N-dealkylation sites (N-methyl/N-ethyl adjacent to an activating group) is 1. The first-order valence-electron chi connectivity index (χ1n) is 11.6. The highest BCUT2D eigenvalue weighted by molar-refractivity contribution is 5.76. The predicted octanol–water partition coefficient (Wildman–Crippen LogP) is 1.94. The maximum Gasteiger partial charge on any atom is 0.222 e. The molecule has 3 rings (SSSR count). The number of ether oxygens (including phenoxy) is 2. The molecule has 0 saturated heterocycles. The van der Waals surface area contributed by atoms with Gasteiger partial charge in [0.1, 0.15) is 11.4 Å². The number of hydrogen-bond donors (Lipinski definition) is 1. The van der Waals surface area contributed by atoms with Crippen molar-refractivity contribution >= 4 is 5.91 Å². The van der Waals surface area contributed by atoms with Crippen molar-refractivity contribution in [2.45, 2.75) is 58.5 Å². The van der Waals surface area contributed by atoms with Crippen molar-refractivity contribution in [3.05, 3.63) is 41.7 Å². The van der Waals surface area contributed by atoms with Gasteiger partial charge in [-0.05, 0) is 26.5 Å². The van der Waals surface area contributed by atoms with Crippen molar-refractivity contribution in [3.8, 4) is 5.75 Å². The zero-order valence-corrected chi connectivity index (χ0v) is 20.2. The third-order valence-electron chi connectivity index (χ3n) is 6.17. The van der Waals surface area contributed by atoms with Crippen LogP contribution in [0.15, 0.2) is 30.5 Å². The maximum atomic E-state index is 13.0. The number of aliphatic hydroxyl groups is 1. The molecular weight excluding hydrogens is 422 g/mol. The second-order valence-corrected chi connectivity index (χ2v) is 8.99. The van der Waals surface area contributed by atoms with E-state index >= 15 is 0 Å². The fourth-order valence-corrected chi connectivity index (χ4v) is 4.19. The van der Waals surface area contributed by atoms with E-state index in [1.165, 1.54) is 0 Å². The number of aryl methyl sites for hydroxylation is 1. The van der Waals surface area contributed by atoms with Gasteiger partial charge in [-0.15, -0.1) is 5.10 Å². The van der Waals surface area contributed by atoms with Crippen molar-refractivity contribution in [2.75, 3.05) is 33.9 Å². The van der Waals surface area contributed by atoms with E-state index in [0.717, 1.165) is 17.0 Å². The lowest BCUT2D eigenvalue weighted by atomic mass is 10.0. The summed E-state index contributed by atoms with van der Waals surface area (Å²) < 4.78 is 13.6. The number of hydrogen-bond acceptors (Lipinski definition) is 7. The zero-order chi connectivity index (χ0) is 23.8. The number of amides is 1. The van der Waals surface area contributed by atoms with Gasteiger partial charge in [-0.2, -0.15) is 0 Å². The summed E-state index contributed by atoms with van der Waals surface area (Å²) in [6, 6.07) is 7.75. The normalized spacial score (nSPS) is 21.3. The Morgan fingerprint density at radius 3 is 2.91 bits per heavy atom. The summed E-state index contributed by atoms with van der Waals surface area (Å²) in [4.78, 5) is 17.0. The van der Waals surface area contributed by atoms with Gasteiger partial charge in [-0.3, -0.25) is 14.4 Å². The van der Waals surface area contributed by atoms with E-state index in [2.05, 4.69) is 35.2 Å². The monoisotopic (exact) mass is 459 g/mol. The first-order valence-corrected chi connectivity index (χ1v) is 11.6. The lowest BCUT2D eigenvalue weighted by Gasteiger charge is -2.35. The Balaban J connectivity index is 1.77. The van der Waals surface area contributed by atoms with Gasteiger partial charge in [0.25, 0.3) is 0 Å². The van der Waals surface area contributed by atoms with Gasteiger partial charge >= 0.3 is 0 Å². The third kappa shape index (κ3) is 6.99. The van der Waals surface area contributed by atoms with Crippen LogP contribution in [0.3, 0.4) is 0 Å². The molecule has 0 fully saturated rings. The van der Waals surface area contributed by atoms with E-state index in [4.69, 9.17) is 9.47 Å². The molecule has 0 radical (unpaired) electrons. The second-order valence-electron chi connectivity index (χ2n) is 8.99. The summed E-state index contributed by atoms with van der Waals surface area (Å²) in [6.45, 7) is 6.81. The summed E-state index contributed by atoms with van der Waals surface area (Å²) in [6.07, 6.45) is 2.83. The molecule has 1 amide bonds. The van der Waals surface area contributed by atoms with Crippen molar-refractivity contribution in [1.82, 2.24) is 24.8 Å². The van der Waals surface area contributed by atoms with Crippen molar-refractivity contribution in [1.29, 1.82) is 0 Å². The van der Waals surface area contributed by atoms with Gasteiger partial charge in [0.15, 0.2) is 0 Å². The lowest BCUT2D eigenvalue weighted by Crippen LogP contribution is -2.47. The predicted molar refractivity (Wildman–Crippen MR) is 125 cm³/mol. The molecule has 1 aromatic heterocycles. The summed E-state index contributed by atoms with van der Waals surface area (Å²) in [7, 11) is 3.74. The largest absolute Gasteiger partial charge is 0.496 e. The molecule has 0 saturated carbocycles. The molecular formula is C24H37N5O4. The molecule has 3 atom stereocenters. The van der Waals surface area contributed by atoms with Gasteiger partial charge < -0.3 is 19.5 Å². The van der Waals surface area contributed by atoms with Crippen molar-refractivity contribution in [2.24, 2.45) is 5.92 Å². The van der Waals surface area contributed by atoms with E-state index in [1.807, 2.05) is 31.3 Å². The molecule has 33 heavy (non-hydrogen) atoms. The number of carbonyl (C=O) groups excluding carboxylic acids is 1. The number of methoxy groups -OCH3 is 1. The van der Waals surface area contributed by atoms with Gasteiger partial charge in [0.2, 0.25) is 5.91 Å². The molecule has 9 heteroatoms. The topological polar surface area (TPSA) is 93.0 Å². The number of nitrogens with zero attached hydrogens (tertiary/aromatic N) is 5. The van der Waals surface area contributed by atoms with Gasteiger partial charge in [0, 0.05) is 44.1 Å². The van der Waals surface area contributed by atoms with Crippen LogP contribution in [0.25, 0.3) is 0 Å². The van der Waals surface area contributed by atoms with E-state index < -0.39 is 0 Å². The minimum Gasteiger partial charge on any atom is -0.496 e. The number of carbonyl (C=O) groups is 1. The first kappa shape index (κ1) is 25.1. The average Bonchev–Trinajstić information content (AvgIpc) is 3.27. The van der Waals surface area contributed by atoms with Crippen LogP contribution < -0.4 is 4.74 Å². The van der Waals surface area contributed by atoms with E-state index in [9.17, 15) is 9.90 Å². The standard InChI is InChI=1S/C24H37N5O4/c1-18-12-29(19(2)16-30)24(31)10-7-11-28-14-21(25-26-28)17-33-23(18)15-27(3)13-20-8-5-6-9-22(20)32-4/h5-6,8-9,14,18-19,23,30H,7,10-13,15-17H2,1-4H3/t18-,19-,23-/m1/s1. The molecule has 1 aliphatic heterocycles. The fraction of sp³-hybridized carbons (Fsp3) is 0.625. The first-order chi connectivity index (χ1) is 15.9. The quantitative estimate of drug-likeness (QED) is 0.676. The number of fused-ring (bicyclic) bond motifs is 2. The van der Waals surface area contributed by atoms with Crippen LogP contribution in [-0.4, -0.2) is 81.8 Å². The van der Waals surface area contributed by atoms with Crippen LogP contribution >= 0.6 is 0 Å². The Morgan fingerprint density at radius 2 is 2.15 bits per heavy atom. The molecule has 2 bridgehead atoms. The zero-order valence-electron chi connectivity index (χ0n) is 20.2. The summed E-state index contributed by atoms with van der Waals surface area (Å²) in [5.74, 6) is 0.960. The minimum atomic E-state index is -0.241. The van der Waals surface area contributed by atoms with Crippen LogP contribution in [-0.2, 0) is 29.2 Å². The van der Waals surface area contributed by atoms with Crippen LogP contribution in [0.1, 0.15) is 37.9 Å². The number of aromatic nitrogens is 3. The molecule has 2 aromatic rings. The minimum absolute atomic E-state index is 0.0455. The van der Waals surface area contributed by atoms with Crippen LogP contribution in [0.2, 0.25) is 0 Å². The fourth-order valence-electron chi connectivity index (χ4n) is 4.19. The number of rotatable bonds is 7. The second kappa shape index (κ2) is 12.1. The van der Waals surface area contributed by atoms with Gasteiger partial charge in [-0.1, -0.05) is 30.3 Å². The maximum absolute atomic E-state index is 13.0. The molecule has 0 unspecified atom stereocenters. The average molecular weight is 460 g/mol. The summed E-state index contributed by atoms with van der Waals surface area (Å²) in [5, 5.41) is 18.1. The molecule has 1 aliphatic rings. The smallest absolute Gasteiger partial charge is 0.222 e. The highest BCUT2D eigenvalue weighted by Crippen LogP contribution is 2.21. The molecule has 182 valence electrons. The summed E-state index contributed by atoms with van der Waals surface area (Å²) in [5.41, 5.74) is 1.89. The lowest BCUT2D eigenvalue weighted by molar-refractivity contribution is -0.136. The van der Waals surface area contributed by atoms with Crippen LogP contribution in [0.5, 0.6) is 5.75 Å². The number of benzene rings is 1. The van der Waals surface area contributed by atoms with E-state index in [-0.39, 0.29) is 30.6 Å². The SMILES string of the molecule is COc1ccccc1CN(C)C[C@H]1OCc2cn(nn2)CCCC(=O)N([C@H](C)CO)C[C@H]1C. The highest BCUT2D eigenvalue weighted by Gasteiger charge is 2.28. The van der Waals surface area contributed by atoms with Crippen molar-refractivity contribution < 1.29 is 19.4 Å².